The molecule has 0 atom stereocenters. The number of rotatable bonds is 5. The van der Waals surface area contributed by atoms with Crippen LogP contribution in [0.3, 0.4) is 0 Å². The molecule has 3 nitrogen and oxygen atoms in total. The fraction of sp³-hybridized carbons (Fsp3) is 1.00. The van der Waals surface area contributed by atoms with Gasteiger partial charge in [0.25, 0.3) is 0 Å². The van der Waals surface area contributed by atoms with E-state index in [1.165, 1.54) is 0 Å². The smallest absolute Gasteiger partial charge is 0.350 e. The zero-order chi connectivity index (χ0) is 11.6. The van der Waals surface area contributed by atoms with Gasteiger partial charge in [-0.2, -0.15) is 17.6 Å². The van der Waals surface area contributed by atoms with Crippen LogP contribution in [0.25, 0.3) is 0 Å². The highest BCUT2D eigenvalue weighted by molar-refractivity contribution is 5.01. The molecule has 0 saturated carbocycles. The molecule has 8 heteroatoms. The molecule has 0 heterocycles. The van der Waals surface area contributed by atoms with Gasteiger partial charge in [-0.15, -0.1) is 0 Å². The van der Waals surface area contributed by atoms with E-state index in [9.17, 15) is 22.0 Å². The van der Waals surface area contributed by atoms with Gasteiger partial charge in [-0.3, -0.25) is 0 Å². The van der Waals surface area contributed by atoms with Crippen LogP contribution in [0.2, 0.25) is 0 Å². The van der Waals surface area contributed by atoms with Crippen molar-refractivity contribution in [3.05, 3.63) is 0 Å². The first-order valence-corrected chi connectivity index (χ1v) is 3.45. The van der Waals surface area contributed by atoms with Crippen molar-refractivity contribution in [3.8, 4) is 0 Å². The summed E-state index contributed by atoms with van der Waals surface area (Å²) in [6.07, 6.45) is 0. The highest BCUT2D eigenvalue weighted by Crippen LogP contribution is 2.43. The van der Waals surface area contributed by atoms with Crippen molar-refractivity contribution < 1.29 is 37.3 Å². The molecule has 0 rings (SSSR count). The maximum atomic E-state index is 12.9. The van der Waals surface area contributed by atoms with Gasteiger partial charge in [0, 0.05) is 0 Å². The summed E-state index contributed by atoms with van der Waals surface area (Å²) < 4.78 is 62.8. The van der Waals surface area contributed by atoms with E-state index in [4.69, 9.17) is 15.3 Å². The second-order valence-electron chi connectivity index (χ2n) is 2.72. The Morgan fingerprint density at radius 1 is 0.714 bits per heavy atom. The summed E-state index contributed by atoms with van der Waals surface area (Å²) in [5.41, 5.74) is -4.17. The number of aliphatic hydroxyl groups excluding tert-OH is 3. The second kappa shape index (κ2) is 3.95. The number of hydrogen-bond acceptors (Lipinski definition) is 3. The third-order valence-corrected chi connectivity index (χ3v) is 1.72. The molecule has 3 N–H and O–H groups in total. The average molecular weight is 224 g/mol. The topological polar surface area (TPSA) is 60.7 Å². The molecule has 0 saturated heterocycles. The number of alkyl halides is 5. The van der Waals surface area contributed by atoms with Crippen molar-refractivity contribution in [1.82, 2.24) is 0 Å². The van der Waals surface area contributed by atoms with Gasteiger partial charge in [-0.1, -0.05) is 0 Å². The van der Waals surface area contributed by atoms with Crippen molar-refractivity contribution in [2.24, 2.45) is 0 Å². The predicted molar refractivity (Wildman–Crippen MR) is 35.0 cm³/mol. The Kier molecular flexibility index (Phi) is 3.82. The molecule has 86 valence electrons. The third kappa shape index (κ3) is 1.82. The van der Waals surface area contributed by atoms with Gasteiger partial charge in [0.2, 0.25) is 5.67 Å². The highest BCUT2D eigenvalue weighted by Gasteiger charge is 2.69. The summed E-state index contributed by atoms with van der Waals surface area (Å²) >= 11 is 0. The second-order valence-corrected chi connectivity index (χ2v) is 2.72. The Labute approximate surface area is 75.8 Å². The molecule has 0 unspecified atom stereocenters. The minimum absolute atomic E-state index is 1.98. The van der Waals surface area contributed by atoms with Crippen LogP contribution >= 0.6 is 0 Å². The molecular weight excluding hydrogens is 215 g/mol. The Hall–Kier alpha value is -0.470. The molecular formula is C6H9F5O3. The molecule has 0 bridgehead atoms. The van der Waals surface area contributed by atoms with Gasteiger partial charge >= 0.3 is 11.8 Å². The van der Waals surface area contributed by atoms with E-state index in [2.05, 4.69) is 0 Å². The molecule has 0 aliphatic heterocycles. The van der Waals surface area contributed by atoms with E-state index in [1.807, 2.05) is 0 Å². The monoisotopic (exact) mass is 224 g/mol. The first-order valence-electron chi connectivity index (χ1n) is 3.45. The van der Waals surface area contributed by atoms with Crippen molar-refractivity contribution in [2.75, 3.05) is 19.8 Å². The summed E-state index contributed by atoms with van der Waals surface area (Å²) in [5.74, 6) is -10.4. The van der Waals surface area contributed by atoms with Crippen LogP contribution in [-0.4, -0.2) is 52.7 Å². The SMILES string of the molecule is OCC(F)(F)C(F)(F)C(F)(CO)CO. The van der Waals surface area contributed by atoms with Crippen molar-refractivity contribution in [1.29, 1.82) is 0 Å². The van der Waals surface area contributed by atoms with Crippen LogP contribution < -0.4 is 0 Å². The third-order valence-electron chi connectivity index (χ3n) is 1.72. The number of hydrogen-bond donors (Lipinski definition) is 3. The molecule has 0 amide bonds. The van der Waals surface area contributed by atoms with E-state index in [-0.39, 0.29) is 0 Å². The predicted octanol–water partition coefficient (Wildman–Crippen LogP) is -0.0578. The average Bonchev–Trinajstić information content (AvgIpc) is 2.15. The van der Waals surface area contributed by atoms with E-state index < -0.39 is 37.3 Å². The largest absolute Gasteiger partial charge is 0.393 e. The number of halogens is 5. The fourth-order valence-electron chi connectivity index (χ4n) is 0.676. The van der Waals surface area contributed by atoms with E-state index in [1.54, 1.807) is 0 Å². The van der Waals surface area contributed by atoms with Crippen LogP contribution in [0.15, 0.2) is 0 Å². The normalized spacial score (nSPS) is 14.6. The van der Waals surface area contributed by atoms with Crippen molar-refractivity contribution >= 4 is 0 Å². The summed E-state index contributed by atoms with van der Waals surface area (Å²) in [5, 5.41) is 24.2. The van der Waals surface area contributed by atoms with Gasteiger partial charge in [-0.05, 0) is 0 Å². The van der Waals surface area contributed by atoms with Gasteiger partial charge in [0.05, 0.1) is 13.2 Å². The molecule has 0 aromatic carbocycles. The van der Waals surface area contributed by atoms with Crippen LogP contribution in [-0.2, 0) is 0 Å². The van der Waals surface area contributed by atoms with Crippen molar-refractivity contribution in [2.45, 2.75) is 17.5 Å². The Bertz CT molecular complexity index is 192. The zero-order valence-corrected chi connectivity index (χ0v) is 6.85. The first-order chi connectivity index (χ1) is 6.18. The standard InChI is InChI=1S/C6H9F5O3/c7-4(1-12,2-13)6(10,11)5(8,9)3-14/h12-14H,1-3H2. The van der Waals surface area contributed by atoms with E-state index in [0.717, 1.165) is 0 Å². The molecule has 0 fully saturated rings. The molecule has 14 heavy (non-hydrogen) atoms. The van der Waals surface area contributed by atoms with Crippen LogP contribution in [0, 0.1) is 0 Å². The molecule has 0 aliphatic carbocycles. The lowest BCUT2D eigenvalue weighted by Gasteiger charge is -2.34. The summed E-state index contributed by atoms with van der Waals surface area (Å²) in [6, 6.07) is 0. The Morgan fingerprint density at radius 3 is 1.29 bits per heavy atom. The van der Waals surface area contributed by atoms with E-state index >= 15 is 0 Å². The minimum Gasteiger partial charge on any atom is -0.393 e. The lowest BCUT2D eigenvalue weighted by Crippen LogP contribution is -2.61. The van der Waals surface area contributed by atoms with Gasteiger partial charge in [0.1, 0.15) is 6.61 Å². The van der Waals surface area contributed by atoms with Crippen LogP contribution in [0.4, 0.5) is 22.0 Å². The Morgan fingerprint density at radius 2 is 1.07 bits per heavy atom. The molecule has 0 aromatic heterocycles. The maximum absolute atomic E-state index is 12.9. The molecule has 0 spiro atoms. The molecule has 0 aliphatic rings. The lowest BCUT2D eigenvalue weighted by molar-refractivity contribution is -0.294. The minimum atomic E-state index is -5.35. The summed E-state index contributed by atoms with van der Waals surface area (Å²) in [4.78, 5) is 0. The van der Waals surface area contributed by atoms with Crippen molar-refractivity contribution in [3.63, 3.8) is 0 Å². The maximum Gasteiger partial charge on any atom is 0.350 e. The zero-order valence-electron chi connectivity index (χ0n) is 6.85. The summed E-state index contributed by atoms with van der Waals surface area (Å²) in [7, 11) is 0. The van der Waals surface area contributed by atoms with Crippen LogP contribution in [0.1, 0.15) is 0 Å². The first kappa shape index (κ1) is 13.5. The van der Waals surface area contributed by atoms with E-state index in [0.29, 0.717) is 0 Å². The van der Waals surface area contributed by atoms with Gasteiger partial charge in [0.15, 0.2) is 0 Å². The Balaban J connectivity index is 5.10. The lowest BCUT2D eigenvalue weighted by atomic mass is 9.94. The highest BCUT2D eigenvalue weighted by atomic mass is 19.3. The molecule has 0 aromatic rings. The fourth-order valence-corrected chi connectivity index (χ4v) is 0.676. The van der Waals surface area contributed by atoms with Gasteiger partial charge < -0.3 is 15.3 Å². The summed E-state index contributed by atoms with van der Waals surface area (Å²) in [6.45, 7) is -6.25. The van der Waals surface area contributed by atoms with Crippen LogP contribution in [0.5, 0.6) is 0 Å². The number of aliphatic hydroxyl groups is 3. The molecule has 0 radical (unpaired) electrons. The quantitative estimate of drug-likeness (QED) is 0.573. The van der Waals surface area contributed by atoms with Gasteiger partial charge in [-0.25, -0.2) is 4.39 Å².